The number of nitrogens with zero attached hydrogens (tertiary/aromatic N) is 2. The van der Waals surface area contributed by atoms with Gasteiger partial charge in [-0.05, 0) is 46.0 Å². The number of carbonyl (C=O) groups excluding carboxylic acids is 1. The molecule has 1 amide bonds. The Hall–Kier alpha value is -2.11. The second kappa shape index (κ2) is 10.3. The summed E-state index contributed by atoms with van der Waals surface area (Å²) in [6, 6.07) is 3.67. The molecule has 1 aromatic heterocycles. The maximum atomic E-state index is 12.7. The topological polar surface area (TPSA) is 92.5 Å². The summed E-state index contributed by atoms with van der Waals surface area (Å²) in [6.07, 6.45) is -3.17. The number of alkyl halides is 3. The third kappa shape index (κ3) is 6.44. The maximum absolute atomic E-state index is 12.7. The molecule has 0 unspecified atom stereocenters. The van der Waals surface area contributed by atoms with E-state index in [0.717, 1.165) is 25.1 Å². The Balaban J connectivity index is 0.000000396. The molecule has 0 radical (unpaired) electrons. The van der Waals surface area contributed by atoms with E-state index < -0.39 is 12.1 Å². The number of aryl methyl sites for hydroxylation is 1. The fraction of sp³-hybridized carbons (Fsp3) is 0.684. The summed E-state index contributed by atoms with van der Waals surface area (Å²) in [4.78, 5) is 25.6. The van der Waals surface area contributed by atoms with Crippen LogP contribution in [0.1, 0.15) is 29.2 Å². The number of hydrogen-bond donors (Lipinski definition) is 1. The first kappa shape index (κ1) is 24.2. The molecule has 0 aromatic carbocycles. The first-order chi connectivity index (χ1) is 14.0. The van der Waals surface area contributed by atoms with Crippen LogP contribution in [-0.2, 0) is 14.3 Å². The Morgan fingerprint density at radius 3 is 2.50 bits per heavy atom. The Morgan fingerprint density at radius 2 is 1.97 bits per heavy atom. The summed E-state index contributed by atoms with van der Waals surface area (Å²) < 4.78 is 49.2. The highest BCUT2D eigenvalue weighted by molar-refractivity contribution is 5.92. The van der Waals surface area contributed by atoms with Gasteiger partial charge in [-0.2, -0.15) is 13.2 Å². The minimum absolute atomic E-state index is 0.0223. The number of carbonyl (C=O) groups is 2. The number of furan rings is 1. The zero-order chi connectivity index (χ0) is 22.5. The van der Waals surface area contributed by atoms with E-state index in [1.807, 2.05) is 32.0 Å². The van der Waals surface area contributed by atoms with Gasteiger partial charge in [0.05, 0.1) is 25.4 Å². The predicted octanol–water partition coefficient (Wildman–Crippen LogP) is 2.17. The van der Waals surface area contributed by atoms with Crippen LogP contribution in [0.5, 0.6) is 0 Å². The van der Waals surface area contributed by atoms with Crippen molar-refractivity contribution in [3.8, 4) is 0 Å². The largest absolute Gasteiger partial charge is 0.490 e. The summed E-state index contributed by atoms with van der Waals surface area (Å²) in [7, 11) is 4.06. The van der Waals surface area contributed by atoms with Gasteiger partial charge in [-0.1, -0.05) is 0 Å². The molecule has 8 nitrogen and oxygen atoms in total. The van der Waals surface area contributed by atoms with Crippen LogP contribution < -0.4 is 0 Å². The van der Waals surface area contributed by atoms with Crippen LogP contribution in [0.2, 0.25) is 0 Å². The smallest absolute Gasteiger partial charge is 0.475 e. The van der Waals surface area contributed by atoms with Crippen molar-refractivity contribution in [3.05, 3.63) is 23.7 Å². The first-order valence-electron chi connectivity index (χ1n) is 9.56. The van der Waals surface area contributed by atoms with Crippen molar-refractivity contribution in [2.45, 2.75) is 44.2 Å². The number of morpholine rings is 1. The molecule has 0 spiro atoms. The SMILES string of the molecule is Cc1ccc(C(=O)N2CCO[C@H]3[C@H](OCCN(C)C)CC[C@@H]32)o1.O=C(O)C(F)(F)F. The molecule has 1 aliphatic heterocycles. The molecule has 30 heavy (non-hydrogen) atoms. The van der Waals surface area contributed by atoms with Crippen molar-refractivity contribution in [1.82, 2.24) is 9.80 Å². The summed E-state index contributed by atoms with van der Waals surface area (Å²) in [6.45, 7) is 4.60. The van der Waals surface area contributed by atoms with Gasteiger partial charge in [0.15, 0.2) is 5.76 Å². The highest BCUT2D eigenvalue weighted by atomic mass is 19.4. The molecule has 1 saturated heterocycles. The molecule has 3 atom stereocenters. The van der Waals surface area contributed by atoms with Gasteiger partial charge >= 0.3 is 12.1 Å². The summed E-state index contributed by atoms with van der Waals surface area (Å²) in [5.41, 5.74) is 0. The number of halogens is 3. The number of rotatable bonds is 5. The number of fused-ring (bicyclic) bond motifs is 1. The van der Waals surface area contributed by atoms with E-state index in [2.05, 4.69) is 4.90 Å². The molecule has 2 aliphatic rings. The monoisotopic (exact) mass is 436 g/mol. The maximum Gasteiger partial charge on any atom is 0.490 e. The third-order valence-electron chi connectivity index (χ3n) is 4.86. The molecule has 1 saturated carbocycles. The Morgan fingerprint density at radius 1 is 1.30 bits per heavy atom. The molecule has 3 rings (SSSR count). The van der Waals surface area contributed by atoms with E-state index >= 15 is 0 Å². The Bertz CT molecular complexity index is 721. The van der Waals surface area contributed by atoms with Crippen molar-refractivity contribution in [2.75, 3.05) is 40.4 Å². The second-order valence-electron chi connectivity index (χ2n) is 7.40. The highest BCUT2D eigenvalue weighted by Gasteiger charge is 2.45. The van der Waals surface area contributed by atoms with E-state index in [9.17, 15) is 18.0 Å². The normalized spacial score (nSPS) is 23.7. The molecule has 2 heterocycles. The molecule has 1 N–H and O–H groups in total. The van der Waals surface area contributed by atoms with Gasteiger partial charge in [0.2, 0.25) is 0 Å². The van der Waals surface area contributed by atoms with E-state index in [1.54, 1.807) is 6.07 Å². The van der Waals surface area contributed by atoms with Gasteiger partial charge in [-0.25, -0.2) is 4.79 Å². The van der Waals surface area contributed by atoms with Crippen LogP contribution in [0.3, 0.4) is 0 Å². The number of ether oxygens (including phenoxy) is 2. The Kier molecular flexibility index (Phi) is 8.27. The van der Waals surface area contributed by atoms with E-state index in [-0.39, 0.29) is 24.2 Å². The zero-order valence-electron chi connectivity index (χ0n) is 17.1. The first-order valence-corrected chi connectivity index (χ1v) is 9.56. The molecule has 1 aliphatic carbocycles. The lowest BCUT2D eigenvalue weighted by molar-refractivity contribution is -0.192. The van der Waals surface area contributed by atoms with Crippen molar-refractivity contribution in [2.24, 2.45) is 0 Å². The van der Waals surface area contributed by atoms with Crippen LogP contribution in [0.25, 0.3) is 0 Å². The van der Waals surface area contributed by atoms with Gasteiger partial charge in [0, 0.05) is 13.1 Å². The number of aliphatic carboxylic acids is 1. The average molecular weight is 436 g/mol. The second-order valence-corrected chi connectivity index (χ2v) is 7.40. The van der Waals surface area contributed by atoms with Crippen LogP contribution >= 0.6 is 0 Å². The molecule has 11 heteroatoms. The molecule has 0 bridgehead atoms. The van der Waals surface area contributed by atoms with Gasteiger partial charge < -0.3 is 28.8 Å². The molecular weight excluding hydrogens is 409 g/mol. The number of likely N-dealkylation sites (N-methyl/N-ethyl adjacent to an activating group) is 1. The zero-order valence-corrected chi connectivity index (χ0v) is 17.1. The van der Waals surface area contributed by atoms with Crippen LogP contribution in [0.15, 0.2) is 16.5 Å². The number of carboxylic acids is 1. The van der Waals surface area contributed by atoms with E-state index in [0.29, 0.717) is 25.5 Å². The summed E-state index contributed by atoms with van der Waals surface area (Å²) in [5, 5.41) is 7.12. The van der Waals surface area contributed by atoms with Gasteiger partial charge in [-0.3, -0.25) is 4.79 Å². The lowest BCUT2D eigenvalue weighted by atomic mass is 10.1. The summed E-state index contributed by atoms with van der Waals surface area (Å²) >= 11 is 0. The molecule has 2 fully saturated rings. The number of amides is 1. The highest BCUT2D eigenvalue weighted by Crippen LogP contribution is 2.33. The van der Waals surface area contributed by atoms with E-state index in [4.69, 9.17) is 23.8 Å². The predicted molar refractivity (Wildman–Crippen MR) is 99.2 cm³/mol. The number of carboxylic acid groups (broad SMARTS) is 1. The quantitative estimate of drug-likeness (QED) is 0.756. The fourth-order valence-electron chi connectivity index (χ4n) is 3.42. The average Bonchev–Trinajstić information content (AvgIpc) is 3.27. The lowest BCUT2D eigenvalue weighted by Gasteiger charge is -2.38. The molecule has 1 aromatic rings. The standard InChI is InChI=1S/C17H26N2O4.C2HF3O2/c1-12-4-6-15(23-12)17(20)19-9-11-22-16-13(19)5-7-14(16)21-10-8-18(2)3;3-2(4,5)1(6)7/h4,6,13-14,16H,5,7-11H2,1-3H3;(H,6,7)/t13-,14+,16+;/m0./s1. The minimum atomic E-state index is -5.08. The van der Waals surface area contributed by atoms with Gasteiger partial charge in [-0.15, -0.1) is 0 Å². The number of hydrogen-bond acceptors (Lipinski definition) is 6. The lowest BCUT2D eigenvalue weighted by Crippen LogP contribution is -2.54. The third-order valence-corrected chi connectivity index (χ3v) is 4.86. The van der Waals surface area contributed by atoms with Crippen molar-refractivity contribution in [3.63, 3.8) is 0 Å². The van der Waals surface area contributed by atoms with Gasteiger partial charge in [0.1, 0.15) is 11.9 Å². The van der Waals surface area contributed by atoms with Gasteiger partial charge in [0.25, 0.3) is 5.91 Å². The van der Waals surface area contributed by atoms with Crippen LogP contribution in [0.4, 0.5) is 13.2 Å². The van der Waals surface area contributed by atoms with Crippen LogP contribution in [0, 0.1) is 6.92 Å². The minimum Gasteiger partial charge on any atom is -0.475 e. The van der Waals surface area contributed by atoms with Crippen LogP contribution in [-0.4, -0.2) is 91.6 Å². The Labute approximate surface area is 172 Å². The van der Waals surface area contributed by atoms with Crippen molar-refractivity contribution >= 4 is 11.9 Å². The summed E-state index contributed by atoms with van der Waals surface area (Å²) in [5.74, 6) is -1.62. The van der Waals surface area contributed by atoms with E-state index in [1.165, 1.54) is 0 Å². The molecular formula is C19H27F3N2O6. The fourth-order valence-corrected chi connectivity index (χ4v) is 3.42. The van der Waals surface area contributed by atoms with Crippen molar-refractivity contribution < 1.29 is 41.8 Å². The molecule has 170 valence electrons. The van der Waals surface area contributed by atoms with Crippen molar-refractivity contribution in [1.29, 1.82) is 0 Å².